The Bertz CT molecular complexity index is 1040. The number of fused-ring (bicyclic) bond motifs is 3. The van der Waals surface area contributed by atoms with Gasteiger partial charge in [-0.1, -0.05) is 68.8 Å². The van der Waals surface area contributed by atoms with Crippen LogP contribution in [0.4, 0.5) is 4.79 Å². The summed E-state index contributed by atoms with van der Waals surface area (Å²) in [6, 6.07) is 15.4. The first kappa shape index (κ1) is 24.7. The maximum Gasteiger partial charge on any atom is 0.407 e. The zero-order chi connectivity index (χ0) is 24.9. The van der Waals surface area contributed by atoms with E-state index in [1.807, 2.05) is 50.2 Å². The van der Waals surface area contributed by atoms with Crippen LogP contribution >= 0.6 is 0 Å². The summed E-state index contributed by atoms with van der Waals surface area (Å²) in [4.78, 5) is 37.0. The maximum absolute atomic E-state index is 12.9. The van der Waals surface area contributed by atoms with Crippen LogP contribution < -0.4 is 10.6 Å². The molecule has 2 amide bonds. The smallest absolute Gasteiger partial charge is 0.407 e. The first-order chi connectivity index (χ1) is 16.9. The molecule has 0 unspecified atom stereocenters. The van der Waals surface area contributed by atoms with Crippen molar-refractivity contribution < 1.29 is 29.0 Å². The van der Waals surface area contributed by atoms with Gasteiger partial charge in [-0.05, 0) is 34.6 Å². The Morgan fingerprint density at radius 3 is 2.31 bits per heavy atom. The average molecular weight is 481 g/mol. The average Bonchev–Trinajstić information content (AvgIpc) is 3.47. The Hall–Kier alpha value is -3.39. The van der Waals surface area contributed by atoms with Gasteiger partial charge in [0.2, 0.25) is 5.91 Å². The standard InChI is InChI=1S/C27H32N2O6/c1-3-16(2)23(25(30)28-14-17-12-13-34-24(17)26(31)32)29-27(33)35-15-22-20-10-6-4-8-18(20)19-9-5-7-11-21(19)22/h4-11,16-17,22-24H,3,12-15H2,1-2H3,(H,28,30)(H,29,33)(H,31,32)/t16-,17+,23-,24+/m0/s1. The molecule has 8 nitrogen and oxygen atoms in total. The van der Waals surface area contributed by atoms with E-state index in [4.69, 9.17) is 9.47 Å². The third kappa shape index (κ3) is 5.32. The Labute approximate surface area is 205 Å². The third-order valence-corrected chi connectivity index (χ3v) is 7.11. The van der Waals surface area contributed by atoms with E-state index in [9.17, 15) is 19.5 Å². The minimum absolute atomic E-state index is 0.0701. The summed E-state index contributed by atoms with van der Waals surface area (Å²) in [5.41, 5.74) is 4.52. The molecule has 8 heteroatoms. The zero-order valence-electron chi connectivity index (χ0n) is 20.0. The van der Waals surface area contributed by atoms with Gasteiger partial charge in [-0.25, -0.2) is 9.59 Å². The summed E-state index contributed by atoms with van der Waals surface area (Å²) in [6.45, 7) is 4.51. The van der Waals surface area contributed by atoms with Crippen LogP contribution in [0.25, 0.3) is 11.1 Å². The molecular formula is C27H32N2O6. The molecule has 1 aliphatic heterocycles. The number of hydrogen-bond acceptors (Lipinski definition) is 5. The number of alkyl carbamates (subject to hydrolysis) is 1. The molecule has 0 aromatic heterocycles. The molecule has 0 saturated carbocycles. The highest BCUT2D eigenvalue weighted by Gasteiger charge is 2.35. The molecule has 3 N–H and O–H groups in total. The lowest BCUT2D eigenvalue weighted by Crippen LogP contribution is -2.51. The SMILES string of the molecule is CC[C@H](C)[C@H](NC(=O)OCC1c2ccccc2-c2ccccc21)C(=O)NC[C@H]1CCO[C@H]1C(=O)O. The number of benzene rings is 2. The van der Waals surface area contributed by atoms with Crippen molar-refractivity contribution in [2.75, 3.05) is 19.8 Å². The van der Waals surface area contributed by atoms with Crippen LogP contribution in [0.3, 0.4) is 0 Å². The van der Waals surface area contributed by atoms with Crippen LogP contribution in [0.5, 0.6) is 0 Å². The normalized spacial score (nSPS) is 20.4. The van der Waals surface area contributed by atoms with E-state index >= 15 is 0 Å². The highest BCUT2D eigenvalue weighted by Crippen LogP contribution is 2.44. The molecule has 1 aliphatic carbocycles. The minimum Gasteiger partial charge on any atom is -0.479 e. The fourth-order valence-corrected chi connectivity index (χ4v) is 4.93. The van der Waals surface area contributed by atoms with Crippen LogP contribution in [0.2, 0.25) is 0 Å². The summed E-state index contributed by atoms with van der Waals surface area (Å²) in [5, 5.41) is 14.8. The molecule has 2 aliphatic rings. The van der Waals surface area contributed by atoms with E-state index in [1.165, 1.54) is 0 Å². The Morgan fingerprint density at radius 1 is 1.09 bits per heavy atom. The van der Waals surface area contributed by atoms with Crippen LogP contribution in [-0.2, 0) is 19.1 Å². The lowest BCUT2D eigenvalue weighted by atomic mass is 9.97. The Kier molecular flexibility index (Phi) is 7.70. The highest BCUT2D eigenvalue weighted by molar-refractivity contribution is 5.86. The molecule has 1 saturated heterocycles. The number of rotatable bonds is 9. The number of carbonyl (C=O) groups is 3. The van der Waals surface area contributed by atoms with Crippen LogP contribution in [-0.4, -0.2) is 55.0 Å². The van der Waals surface area contributed by atoms with Gasteiger partial charge in [0.25, 0.3) is 0 Å². The van der Waals surface area contributed by atoms with E-state index in [2.05, 4.69) is 22.8 Å². The first-order valence-electron chi connectivity index (χ1n) is 12.1. The second-order valence-electron chi connectivity index (χ2n) is 9.26. The van der Waals surface area contributed by atoms with Gasteiger partial charge in [-0.2, -0.15) is 0 Å². The van der Waals surface area contributed by atoms with E-state index in [0.717, 1.165) is 22.3 Å². The molecule has 0 spiro atoms. The van der Waals surface area contributed by atoms with Crippen molar-refractivity contribution in [2.24, 2.45) is 11.8 Å². The summed E-state index contributed by atoms with van der Waals surface area (Å²) in [7, 11) is 0. The van der Waals surface area contributed by atoms with Gasteiger partial charge in [0.05, 0.1) is 0 Å². The van der Waals surface area contributed by atoms with Crippen molar-refractivity contribution in [3.8, 4) is 11.1 Å². The molecule has 2 aromatic carbocycles. The predicted molar refractivity (Wildman–Crippen MR) is 130 cm³/mol. The maximum atomic E-state index is 12.9. The molecule has 1 heterocycles. The van der Waals surface area contributed by atoms with Crippen molar-refractivity contribution in [3.05, 3.63) is 59.7 Å². The summed E-state index contributed by atoms with van der Waals surface area (Å²) in [6.07, 6.45) is -0.343. The summed E-state index contributed by atoms with van der Waals surface area (Å²) < 4.78 is 10.9. The second-order valence-corrected chi connectivity index (χ2v) is 9.26. The van der Waals surface area contributed by atoms with Crippen LogP contribution in [0, 0.1) is 11.8 Å². The highest BCUT2D eigenvalue weighted by atomic mass is 16.5. The molecule has 4 atom stereocenters. The zero-order valence-corrected chi connectivity index (χ0v) is 20.0. The predicted octanol–water partition coefficient (Wildman–Crippen LogP) is 3.55. The summed E-state index contributed by atoms with van der Waals surface area (Å²) in [5.74, 6) is -1.89. The van der Waals surface area contributed by atoms with Gasteiger partial charge >= 0.3 is 12.1 Å². The number of amides is 2. The molecule has 4 rings (SSSR count). The number of nitrogens with one attached hydrogen (secondary N) is 2. The third-order valence-electron chi connectivity index (χ3n) is 7.11. The van der Waals surface area contributed by atoms with E-state index in [0.29, 0.717) is 19.4 Å². The fraction of sp³-hybridized carbons (Fsp3) is 0.444. The van der Waals surface area contributed by atoms with E-state index in [-0.39, 0.29) is 36.8 Å². The lowest BCUT2D eigenvalue weighted by molar-refractivity contribution is -0.149. The van der Waals surface area contributed by atoms with Crippen molar-refractivity contribution in [1.82, 2.24) is 10.6 Å². The molecule has 35 heavy (non-hydrogen) atoms. The topological polar surface area (TPSA) is 114 Å². The molecule has 186 valence electrons. The number of carboxylic acid groups (broad SMARTS) is 1. The van der Waals surface area contributed by atoms with Crippen LogP contribution in [0.15, 0.2) is 48.5 Å². The Balaban J connectivity index is 1.37. The number of ether oxygens (including phenoxy) is 2. The number of carboxylic acids is 1. The molecule has 0 bridgehead atoms. The van der Waals surface area contributed by atoms with Crippen molar-refractivity contribution >= 4 is 18.0 Å². The summed E-state index contributed by atoms with van der Waals surface area (Å²) >= 11 is 0. The first-order valence-corrected chi connectivity index (χ1v) is 12.1. The number of carbonyl (C=O) groups excluding carboxylic acids is 2. The Morgan fingerprint density at radius 2 is 1.71 bits per heavy atom. The van der Waals surface area contributed by atoms with Gasteiger partial charge < -0.3 is 25.2 Å². The minimum atomic E-state index is -1.03. The largest absolute Gasteiger partial charge is 0.479 e. The molecule has 2 aromatic rings. The van der Waals surface area contributed by atoms with Gasteiger partial charge in [0.15, 0.2) is 6.10 Å². The van der Waals surface area contributed by atoms with E-state index in [1.54, 1.807) is 0 Å². The van der Waals surface area contributed by atoms with Gasteiger partial charge in [0.1, 0.15) is 12.6 Å². The molecule has 0 radical (unpaired) electrons. The van der Waals surface area contributed by atoms with Gasteiger partial charge in [-0.15, -0.1) is 0 Å². The van der Waals surface area contributed by atoms with Gasteiger partial charge in [-0.3, -0.25) is 4.79 Å². The van der Waals surface area contributed by atoms with Crippen molar-refractivity contribution in [1.29, 1.82) is 0 Å². The molecule has 1 fully saturated rings. The monoisotopic (exact) mass is 480 g/mol. The van der Waals surface area contributed by atoms with Crippen LogP contribution in [0.1, 0.15) is 43.7 Å². The van der Waals surface area contributed by atoms with E-state index < -0.39 is 24.2 Å². The molecular weight excluding hydrogens is 448 g/mol. The fourth-order valence-electron chi connectivity index (χ4n) is 4.93. The van der Waals surface area contributed by atoms with Gasteiger partial charge in [0, 0.05) is 25.0 Å². The number of hydrogen-bond donors (Lipinski definition) is 3. The number of aliphatic carboxylic acids is 1. The second kappa shape index (κ2) is 10.9. The lowest BCUT2D eigenvalue weighted by Gasteiger charge is -2.25. The quantitative estimate of drug-likeness (QED) is 0.506. The van der Waals surface area contributed by atoms with Crippen molar-refractivity contribution in [2.45, 2.75) is 44.8 Å². The van der Waals surface area contributed by atoms with Crippen molar-refractivity contribution in [3.63, 3.8) is 0 Å².